The van der Waals surface area contributed by atoms with Crippen molar-refractivity contribution in [2.75, 3.05) is 0 Å². The fourth-order valence-corrected chi connectivity index (χ4v) is 3.92. The summed E-state index contributed by atoms with van der Waals surface area (Å²) in [6, 6.07) is 13.6. The molecule has 5 nitrogen and oxygen atoms in total. The van der Waals surface area contributed by atoms with Crippen LogP contribution in [0.25, 0.3) is 10.2 Å². The van der Waals surface area contributed by atoms with E-state index in [-0.39, 0.29) is 22.1 Å². The molecular weight excluding hydrogens is 334 g/mol. The number of thioether (sulfide) groups is 1. The number of benzene rings is 2. The summed E-state index contributed by atoms with van der Waals surface area (Å²) < 4.78 is 2.24. The van der Waals surface area contributed by atoms with Crippen molar-refractivity contribution in [3.8, 4) is 0 Å². The molecule has 0 atom stereocenters. The van der Waals surface area contributed by atoms with Gasteiger partial charge in [-0.25, -0.2) is 4.79 Å². The molecular formula is C16H11NO4S2. The number of fused-ring (bicyclic) bond motifs is 1. The van der Waals surface area contributed by atoms with Crippen LogP contribution in [0.15, 0.2) is 58.2 Å². The average molecular weight is 345 g/mol. The summed E-state index contributed by atoms with van der Waals surface area (Å²) in [5.74, 6) is -1.08. The van der Waals surface area contributed by atoms with E-state index in [1.54, 1.807) is 24.3 Å². The molecule has 116 valence electrons. The first-order valence-corrected chi connectivity index (χ1v) is 8.31. The van der Waals surface area contributed by atoms with E-state index in [0.29, 0.717) is 10.4 Å². The largest absolute Gasteiger partial charge is 0.478 e. The first-order chi connectivity index (χ1) is 11.1. The molecule has 1 N–H and O–H groups in total. The number of hydrogen-bond donors (Lipinski definition) is 1. The predicted molar refractivity (Wildman–Crippen MR) is 90.4 cm³/mol. The smallest absolute Gasteiger partial charge is 0.336 e. The van der Waals surface area contributed by atoms with Crippen molar-refractivity contribution in [3.63, 3.8) is 0 Å². The number of carboxylic acids is 1. The summed E-state index contributed by atoms with van der Waals surface area (Å²) >= 11 is 1.93. The van der Waals surface area contributed by atoms with Crippen LogP contribution in [-0.2, 0) is 11.3 Å². The van der Waals surface area contributed by atoms with Gasteiger partial charge in [0.25, 0.3) is 0 Å². The van der Waals surface area contributed by atoms with E-state index in [4.69, 9.17) is 5.11 Å². The third-order valence-corrected chi connectivity index (χ3v) is 5.10. The summed E-state index contributed by atoms with van der Waals surface area (Å²) in [6.45, 7) is -0.0958. The van der Waals surface area contributed by atoms with E-state index in [0.717, 1.165) is 27.8 Å². The highest BCUT2D eigenvalue weighted by Crippen LogP contribution is 2.25. The van der Waals surface area contributed by atoms with Crippen molar-refractivity contribution in [1.82, 2.24) is 4.57 Å². The van der Waals surface area contributed by atoms with E-state index in [1.807, 2.05) is 18.2 Å². The molecule has 0 unspecified atom stereocenters. The Kier molecular flexibility index (Phi) is 4.31. The highest BCUT2D eigenvalue weighted by Gasteiger charge is 2.16. The molecule has 3 rings (SSSR count). The third kappa shape index (κ3) is 3.20. The molecule has 0 fully saturated rings. The van der Waals surface area contributed by atoms with Crippen LogP contribution in [0.1, 0.15) is 10.4 Å². The zero-order chi connectivity index (χ0) is 16.4. The lowest BCUT2D eigenvalue weighted by Crippen LogP contribution is -2.17. The lowest BCUT2D eigenvalue weighted by Gasteiger charge is -2.05. The number of thiazole rings is 1. The number of rotatable bonds is 4. The summed E-state index contributed by atoms with van der Waals surface area (Å²) in [5, 5.41) is 8.85. The molecule has 3 aromatic rings. The van der Waals surface area contributed by atoms with Crippen molar-refractivity contribution >= 4 is 44.4 Å². The molecule has 23 heavy (non-hydrogen) atoms. The fraction of sp³-hybridized carbons (Fsp3) is 0.0625. The van der Waals surface area contributed by atoms with Crippen LogP contribution in [0.2, 0.25) is 0 Å². The molecule has 0 radical (unpaired) electrons. The molecule has 1 aromatic heterocycles. The molecule has 0 bridgehead atoms. The van der Waals surface area contributed by atoms with Crippen molar-refractivity contribution in [2.24, 2.45) is 0 Å². The number of nitrogens with zero attached hydrogens (tertiary/aromatic N) is 1. The number of aromatic nitrogens is 1. The molecule has 1 heterocycles. The standard InChI is InChI=1S/C16H11NO4S2/c18-14(22-12-7-3-1-5-10(12)15(19)20)9-17-11-6-2-4-8-13(11)23-16(17)21/h1-8H,9H2,(H,19,20). The fourth-order valence-electron chi connectivity index (χ4n) is 2.18. The van der Waals surface area contributed by atoms with Crippen LogP contribution in [0.5, 0.6) is 0 Å². The first kappa shape index (κ1) is 15.5. The number of hydrogen-bond acceptors (Lipinski definition) is 5. The lowest BCUT2D eigenvalue weighted by molar-refractivity contribution is -0.111. The molecule has 0 saturated heterocycles. The Morgan fingerprint density at radius 1 is 1.09 bits per heavy atom. The van der Waals surface area contributed by atoms with Gasteiger partial charge in [0.2, 0.25) is 5.12 Å². The van der Waals surface area contributed by atoms with E-state index >= 15 is 0 Å². The van der Waals surface area contributed by atoms with Gasteiger partial charge in [0, 0.05) is 4.90 Å². The topological polar surface area (TPSA) is 76.4 Å². The van der Waals surface area contributed by atoms with Gasteiger partial charge in [-0.2, -0.15) is 0 Å². The number of aromatic carboxylic acids is 1. The summed E-state index contributed by atoms with van der Waals surface area (Å²) in [5.41, 5.74) is 0.788. The third-order valence-electron chi connectivity index (χ3n) is 3.20. The van der Waals surface area contributed by atoms with Gasteiger partial charge in [-0.15, -0.1) is 0 Å². The number of carboxylic acid groups (broad SMARTS) is 1. The normalized spacial score (nSPS) is 10.8. The van der Waals surface area contributed by atoms with Crippen LogP contribution in [0.4, 0.5) is 0 Å². The second-order valence-electron chi connectivity index (χ2n) is 4.70. The van der Waals surface area contributed by atoms with E-state index in [2.05, 4.69) is 0 Å². The molecule has 0 aliphatic rings. The van der Waals surface area contributed by atoms with E-state index in [1.165, 1.54) is 10.6 Å². The zero-order valence-electron chi connectivity index (χ0n) is 11.8. The average Bonchev–Trinajstić information content (AvgIpc) is 2.83. The molecule has 7 heteroatoms. The Hall–Kier alpha value is -2.38. The van der Waals surface area contributed by atoms with Gasteiger partial charge < -0.3 is 5.11 Å². The first-order valence-electron chi connectivity index (χ1n) is 6.67. The van der Waals surface area contributed by atoms with Crippen LogP contribution >= 0.6 is 23.1 Å². The van der Waals surface area contributed by atoms with Gasteiger partial charge in [0.1, 0.15) is 0 Å². The molecule has 0 spiro atoms. The van der Waals surface area contributed by atoms with Gasteiger partial charge >= 0.3 is 10.8 Å². The van der Waals surface area contributed by atoms with Gasteiger partial charge in [-0.1, -0.05) is 35.6 Å². The predicted octanol–water partition coefficient (Wildman–Crippen LogP) is 3.08. The maximum atomic E-state index is 12.3. The minimum atomic E-state index is -1.08. The molecule has 0 amide bonds. The molecule has 2 aromatic carbocycles. The second-order valence-corrected chi connectivity index (χ2v) is 6.79. The SMILES string of the molecule is O=C(Cn1c(=O)sc2ccccc21)Sc1ccccc1C(=O)O. The van der Waals surface area contributed by atoms with Crippen molar-refractivity contribution < 1.29 is 14.7 Å². The van der Waals surface area contributed by atoms with Crippen molar-refractivity contribution in [1.29, 1.82) is 0 Å². The number of carbonyl (C=O) groups excluding carboxylic acids is 1. The van der Waals surface area contributed by atoms with E-state index in [9.17, 15) is 14.4 Å². The van der Waals surface area contributed by atoms with Crippen molar-refractivity contribution in [3.05, 3.63) is 63.8 Å². The Labute approximate surface area is 139 Å². The van der Waals surface area contributed by atoms with E-state index < -0.39 is 5.97 Å². The van der Waals surface area contributed by atoms with Crippen LogP contribution < -0.4 is 4.87 Å². The number of para-hydroxylation sites is 1. The molecule has 0 saturated carbocycles. The second kappa shape index (κ2) is 6.39. The maximum absolute atomic E-state index is 12.3. The maximum Gasteiger partial charge on any atom is 0.336 e. The minimum absolute atomic E-state index is 0.0772. The Bertz CT molecular complexity index is 958. The van der Waals surface area contributed by atoms with Crippen molar-refractivity contribution in [2.45, 2.75) is 11.4 Å². The van der Waals surface area contributed by atoms with Gasteiger partial charge in [-0.3, -0.25) is 14.2 Å². The Morgan fingerprint density at radius 2 is 1.78 bits per heavy atom. The lowest BCUT2D eigenvalue weighted by atomic mass is 10.2. The number of carbonyl (C=O) groups is 2. The Balaban J connectivity index is 1.86. The molecule has 0 aliphatic heterocycles. The molecule has 0 aliphatic carbocycles. The summed E-state index contributed by atoms with van der Waals surface area (Å²) in [7, 11) is 0. The monoisotopic (exact) mass is 345 g/mol. The zero-order valence-corrected chi connectivity index (χ0v) is 13.4. The van der Waals surface area contributed by atoms with Crippen LogP contribution in [0.3, 0.4) is 0 Å². The highest BCUT2D eigenvalue weighted by molar-refractivity contribution is 8.13. The minimum Gasteiger partial charge on any atom is -0.478 e. The van der Waals surface area contributed by atoms with Gasteiger partial charge in [0.15, 0.2) is 0 Å². The van der Waals surface area contributed by atoms with Gasteiger partial charge in [-0.05, 0) is 36.0 Å². The van der Waals surface area contributed by atoms with Gasteiger partial charge in [0.05, 0.1) is 22.3 Å². The summed E-state index contributed by atoms with van der Waals surface area (Å²) in [4.78, 5) is 35.6. The van der Waals surface area contributed by atoms with Crippen LogP contribution in [0, 0.1) is 0 Å². The quantitative estimate of drug-likeness (QED) is 0.736. The van der Waals surface area contributed by atoms with Crippen LogP contribution in [-0.4, -0.2) is 20.8 Å². The highest BCUT2D eigenvalue weighted by atomic mass is 32.2. The Morgan fingerprint density at radius 3 is 2.57 bits per heavy atom. The summed E-state index contributed by atoms with van der Waals surface area (Å²) in [6.07, 6.45) is 0.